The van der Waals surface area contributed by atoms with E-state index in [0.29, 0.717) is 5.56 Å². The van der Waals surface area contributed by atoms with Crippen molar-refractivity contribution in [2.24, 2.45) is 4.36 Å². The summed E-state index contributed by atoms with van der Waals surface area (Å²) < 4.78 is 3.35. The van der Waals surface area contributed by atoms with Crippen LogP contribution in [0.5, 0.6) is 0 Å². The Hall–Kier alpha value is -1.09. The Morgan fingerprint density at radius 1 is 1.36 bits per heavy atom. The molecule has 0 saturated heterocycles. The molecule has 1 rings (SSSR count). The highest BCUT2D eigenvalue weighted by atomic mass is 32.1. The van der Waals surface area contributed by atoms with Crippen LogP contribution in [0.1, 0.15) is 10.4 Å². The minimum Gasteiger partial charge on any atom is -0.292 e. The van der Waals surface area contributed by atoms with Crippen LogP contribution in [0.2, 0.25) is 0 Å². The molecule has 56 valence electrons. The zero-order chi connectivity index (χ0) is 8.10. The van der Waals surface area contributed by atoms with Gasteiger partial charge in [0.25, 0.3) is 0 Å². The van der Waals surface area contributed by atoms with E-state index in [1.165, 1.54) is 0 Å². The molecule has 11 heavy (non-hydrogen) atoms. The van der Waals surface area contributed by atoms with Gasteiger partial charge in [-0.05, 0) is 0 Å². The molecule has 0 aliphatic carbocycles. The first kappa shape index (κ1) is 8.01. The van der Waals surface area contributed by atoms with E-state index < -0.39 is 0 Å². The van der Waals surface area contributed by atoms with Gasteiger partial charge in [0.2, 0.25) is 0 Å². The molecular formula is C8H7NOS. The molecule has 0 heterocycles. The Kier molecular flexibility index (Phi) is 2.86. The van der Waals surface area contributed by atoms with E-state index in [1.54, 1.807) is 12.1 Å². The number of carbonyl (C=O) groups excluding carboxylic acids is 1. The number of Topliss-reactive ketones (excluding diaryl/α,β-unsaturated/α-hetero) is 1. The molecule has 0 saturated carbocycles. The maximum atomic E-state index is 11.1. The second-order valence-electron chi connectivity index (χ2n) is 2.08. The molecule has 0 N–H and O–H groups in total. The highest BCUT2D eigenvalue weighted by Gasteiger charge is 2.01. The number of rotatable bonds is 3. The van der Waals surface area contributed by atoms with Crippen LogP contribution in [0.25, 0.3) is 0 Å². The van der Waals surface area contributed by atoms with Gasteiger partial charge >= 0.3 is 0 Å². The van der Waals surface area contributed by atoms with Gasteiger partial charge in [-0.1, -0.05) is 30.3 Å². The van der Waals surface area contributed by atoms with Crippen molar-refractivity contribution < 1.29 is 4.79 Å². The third kappa shape index (κ3) is 2.20. The lowest BCUT2D eigenvalue weighted by Crippen LogP contribution is -2.01. The Bertz CT molecular complexity index is 258. The van der Waals surface area contributed by atoms with Crippen LogP contribution >= 0.6 is 0 Å². The van der Waals surface area contributed by atoms with Crippen molar-refractivity contribution in [2.75, 3.05) is 6.54 Å². The van der Waals surface area contributed by atoms with Gasteiger partial charge in [-0.15, -0.1) is 0 Å². The zero-order valence-electron chi connectivity index (χ0n) is 5.86. The number of hydrogen-bond donors (Lipinski definition) is 0. The number of carbonyl (C=O) groups is 1. The topological polar surface area (TPSA) is 29.4 Å². The van der Waals surface area contributed by atoms with Crippen molar-refractivity contribution in [1.82, 2.24) is 0 Å². The summed E-state index contributed by atoms with van der Waals surface area (Å²) in [6.45, 7) is 0.0966. The van der Waals surface area contributed by atoms with Crippen molar-refractivity contribution in [2.45, 2.75) is 0 Å². The van der Waals surface area contributed by atoms with Crippen molar-refractivity contribution in [3.05, 3.63) is 35.9 Å². The average molecular weight is 165 g/mol. The van der Waals surface area contributed by atoms with E-state index in [4.69, 9.17) is 0 Å². The van der Waals surface area contributed by atoms with Gasteiger partial charge in [0.05, 0.1) is 0 Å². The predicted octanol–water partition coefficient (Wildman–Crippen LogP) is 1.60. The lowest BCUT2D eigenvalue weighted by Gasteiger charge is -1.93. The Balaban J connectivity index is 2.77. The average Bonchev–Trinajstić information content (AvgIpc) is 2.07. The predicted molar refractivity (Wildman–Crippen MR) is 45.4 cm³/mol. The largest absolute Gasteiger partial charge is 0.292 e. The van der Waals surface area contributed by atoms with Crippen LogP contribution < -0.4 is 0 Å². The highest BCUT2D eigenvalue weighted by Crippen LogP contribution is 1.99. The summed E-state index contributed by atoms with van der Waals surface area (Å²) in [4.78, 5) is 11.1. The van der Waals surface area contributed by atoms with Gasteiger partial charge in [-0.25, -0.2) is 4.36 Å². The lowest BCUT2D eigenvalue weighted by molar-refractivity contribution is 0.100. The molecule has 0 amide bonds. The summed E-state index contributed by atoms with van der Waals surface area (Å²) in [5.41, 5.74) is 0.668. The first-order chi connectivity index (χ1) is 5.34. The Morgan fingerprint density at radius 3 is 2.55 bits per heavy atom. The van der Waals surface area contributed by atoms with E-state index in [1.807, 2.05) is 18.2 Å². The van der Waals surface area contributed by atoms with Crippen molar-refractivity contribution >= 4 is 18.2 Å². The zero-order valence-corrected chi connectivity index (χ0v) is 6.67. The van der Waals surface area contributed by atoms with E-state index in [9.17, 15) is 4.79 Å². The van der Waals surface area contributed by atoms with Gasteiger partial charge in [-0.3, -0.25) is 4.79 Å². The Morgan fingerprint density at radius 2 is 2.00 bits per heavy atom. The van der Waals surface area contributed by atoms with E-state index in [0.717, 1.165) is 0 Å². The number of hydrogen-bond acceptors (Lipinski definition) is 3. The summed E-state index contributed by atoms with van der Waals surface area (Å²) in [5, 5.41) is 0. The molecule has 0 aromatic heterocycles. The molecule has 0 unspecified atom stereocenters. The summed E-state index contributed by atoms with van der Waals surface area (Å²) in [6, 6.07) is 9.00. The summed E-state index contributed by atoms with van der Waals surface area (Å²) in [7, 11) is 0. The van der Waals surface area contributed by atoms with Crippen molar-refractivity contribution in [1.29, 1.82) is 0 Å². The third-order valence-electron chi connectivity index (χ3n) is 1.30. The molecule has 0 bridgehead atoms. The molecule has 1 aromatic rings. The minimum atomic E-state index is -0.0272. The first-order valence-corrected chi connectivity index (χ1v) is 3.58. The summed E-state index contributed by atoms with van der Waals surface area (Å²) >= 11 is 4.33. The highest BCUT2D eigenvalue weighted by molar-refractivity contribution is 7.47. The second-order valence-corrected chi connectivity index (χ2v) is 2.33. The number of ketones is 1. The standard InChI is InChI=1S/C8H7NOS/c10-8(6-9-11)7-4-2-1-3-5-7/h1-5H,6H2. The first-order valence-electron chi connectivity index (χ1n) is 3.22. The SMILES string of the molecule is O=C(CN=S)c1ccccc1. The van der Waals surface area contributed by atoms with Crippen LogP contribution in [0.4, 0.5) is 0 Å². The number of nitrogens with zero attached hydrogens (tertiary/aromatic N) is 1. The molecule has 1 aromatic carbocycles. The normalized spacial score (nSPS) is 9.09. The van der Waals surface area contributed by atoms with Crippen LogP contribution in [0.3, 0.4) is 0 Å². The van der Waals surface area contributed by atoms with Gasteiger partial charge < -0.3 is 0 Å². The quantitative estimate of drug-likeness (QED) is 0.637. The Labute approximate surface area is 70.4 Å². The molecule has 0 atom stereocenters. The van der Waals surface area contributed by atoms with E-state index >= 15 is 0 Å². The van der Waals surface area contributed by atoms with Crippen LogP contribution in [0.15, 0.2) is 34.7 Å². The number of benzene rings is 1. The fraction of sp³-hybridized carbons (Fsp3) is 0.125. The lowest BCUT2D eigenvalue weighted by atomic mass is 10.1. The molecule has 0 aliphatic rings. The minimum absolute atomic E-state index is 0.0272. The molecule has 0 radical (unpaired) electrons. The monoisotopic (exact) mass is 165 g/mol. The van der Waals surface area contributed by atoms with Gasteiger partial charge in [-0.2, -0.15) is 0 Å². The maximum Gasteiger partial charge on any atom is 0.185 e. The van der Waals surface area contributed by atoms with E-state index in [-0.39, 0.29) is 12.3 Å². The third-order valence-corrected chi connectivity index (χ3v) is 1.43. The molecule has 2 nitrogen and oxygen atoms in total. The maximum absolute atomic E-state index is 11.1. The van der Waals surface area contributed by atoms with Crippen LogP contribution in [-0.4, -0.2) is 12.3 Å². The van der Waals surface area contributed by atoms with E-state index in [2.05, 4.69) is 16.8 Å². The fourth-order valence-electron chi connectivity index (χ4n) is 0.774. The molecule has 0 fully saturated rings. The van der Waals surface area contributed by atoms with Gasteiger partial charge in [0.1, 0.15) is 6.54 Å². The molecule has 0 aliphatic heterocycles. The summed E-state index contributed by atoms with van der Waals surface area (Å²) in [6.07, 6.45) is 0. The van der Waals surface area contributed by atoms with Gasteiger partial charge in [0.15, 0.2) is 5.78 Å². The molecular weight excluding hydrogens is 158 g/mol. The van der Waals surface area contributed by atoms with Crippen molar-refractivity contribution in [3.8, 4) is 0 Å². The van der Waals surface area contributed by atoms with Crippen molar-refractivity contribution in [3.63, 3.8) is 0 Å². The van der Waals surface area contributed by atoms with Gasteiger partial charge in [0, 0.05) is 18.0 Å². The second kappa shape index (κ2) is 3.93. The molecule has 3 heteroatoms. The smallest absolute Gasteiger partial charge is 0.185 e. The fourth-order valence-corrected chi connectivity index (χ4v) is 0.891. The van der Waals surface area contributed by atoms with Crippen LogP contribution in [0, 0.1) is 0 Å². The van der Waals surface area contributed by atoms with Crippen LogP contribution in [-0.2, 0) is 12.4 Å². The molecule has 0 spiro atoms. The summed E-state index contributed by atoms with van der Waals surface area (Å²) in [5.74, 6) is -0.0272.